The molecule has 0 bridgehead atoms. The molecule has 0 radical (unpaired) electrons. The fraction of sp³-hybridized carbons (Fsp3) is 0.500. The van der Waals surface area contributed by atoms with Crippen molar-refractivity contribution in [3.05, 3.63) is 23.7 Å². The number of carboxylic acids is 1. The zero-order chi connectivity index (χ0) is 13.7. The summed E-state index contributed by atoms with van der Waals surface area (Å²) in [5.74, 6) is 0.524. The van der Waals surface area contributed by atoms with Crippen LogP contribution in [-0.2, 0) is 0 Å². The molecule has 0 unspecified atom stereocenters. The van der Waals surface area contributed by atoms with Gasteiger partial charge in [-0.1, -0.05) is 0 Å². The SMILES string of the molecule is O=C(O)c1ccc(C(=O)NCCN2CCSCC2)o1. The number of carboxylic acid groups (broad SMARTS) is 1. The standard InChI is InChI=1S/C12H16N2O4S/c15-11(9-1-2-10(18-9)12(16)17)13-3-4-14-5-7-19-8-6-14/h1-2H,3-8H2,(H,13,15)(H,16,17). The molecule has 0 aliphatic carbocycles. The van der Waals surface area contributed by atoms with Crippen molar-refractivity contribution in [2.24, 2.45) is 0 Å². The first-order valence-corrected chi connectivity index (χ1v) is 7.24. The highest BCUT2D eigenvalue weighted by atomic mass is 32.2. The van der Waals surface area contributed by atoms with E-state index in [1.807, 2.05) is 11.8 Å². The molecule has 1 aliphatic heterocycles. The maximum atomic E-state index is 11.7. The topological polar surface area (TPSA) is 82.8 Å². The summed E-state index contributed by atoms with van der Waals surface area (Å²) in [6, 6.07) is 2.65. The molecule has 0 atom stereocenters. The summed E-state index contributed by atoms with van der Waals surface area (Å²) < 4.78 is 4.92. The van der Waals surface area contributed by atoms with E-state index < -0.39 is 5.97 Å². The zero-order valence-corrected chi connectivity index (χ0v) is 11.2. The summed E-state index contributed by atoms with van der Waals surface area (Å²) in [7, 11) is 0. The minimum absolute atomic E-state index is 0.0339. The van der Waals surface area contributed by atoms with Gasteiger partial charge >= 0.3 is 5.97 Å². The molecule has 0 saturated carbocycles. The van der Waals surface area contributed by atoms with Crippen LogP contribution < -0.4 is 5.32 Å². The number of carbonyl (C=O) groups is 2. The van der Waals surface area contributed by atoms with Crippen LogP contribution in [0.4, 0.5) is 0 Å². The first-order chi connectivity index (χ1) is 9.16. The molecule has 19 heavy (non-hydrogen) atoms. The van der Waals surface area contributed by atoms with E-state index in [2.05, 4.69) is 10.2 Å². The van der Waals surface area contributed by atoms with Gasteiger partial charge in [-0.25, -0.2) is 4.79 Å². The smallest absolute Gasteiger partial charge is 0.371 e. The highest BCUT2D eigenvalue weighted by Crippen LogP contribution is 2.09. The zero-order valence-electron chi connectivity index (χ0n) is 10.4. The molecule has 1 aliphatic rings. The van der Waals surface area contributed by atoms with E-state index >= 15 is 0 Å². The number of furan rings is 1. The van der Waals surface area contributed by atoms with Crippen LogP contribution in [0.25, 0.3) is 0 Å². The molecule has 104 valence electrons. The van der Waals surface area contributed by atoms with E-state index in [-0.39, 0.29) is 17.4 Å². The minimum atomic E-state index is -1.18. The van der Waals surface area contributed by atoms with Crippen LogP contribution in [0.3, 0.4) is 0 Å². The van der Waals surface area contributed by atoms with Crippen molar-refractivity contribution < 1.29 is 19.1 Å². The molecule has 1 amide bonds. The Hall–Kier alpha value is -1.47. The number of thioether (sulfide) groups is 1. The third kappa shape index (κ3) is 4.00. The van der Waals surface area contributed by atoms with Gasteiger partial charge in [0.2, 0.25) is 5.76 Å². The number of hydrogen-bond acceptors (Lipinski definition) is 5. The second kappa shape index (κ2) is 6.63. The molecule has 1 aromatic rings. The Morgan fingerprint density at radius 2 is 2.00 bits per heavy atom. The van der Waals surface area contributed by atoms with Gasteiger partial charge in [-0.15, -0.1) is 0 Å². The van der Waals surface area contributed by atoms with Gasteiger partial charge in [-0.2, -0.15) is 11.8 Å². The van der Waals surface area contributed by atoms with E-state index in [1.165, 1.54) is 12.1 Å². The Morgan fingerprint density at radius 1 is 1.32 bits per heavy atom. The van der Waals surface area contributed by atoms with Crippen molar-refractivity contribution in [3.8, 4) is 0 Å². The number of amides is 1. The lowest BCUT2D eigenvalue weighted by Gasteiger charge is -2.25. The fourth-order valence-electron chi connectivity index (χ4n) is 1.81. The number of carbonyl (C=O) groups excluding carboxylic acids is 1. The van der Waals surface area contributed by atoms with Gasteiger partial charge < -0.3 is 14.8 Å². The maximum Gasteiger partial charge on any atom is 0.371 e. The Bertz CT molecular complexity index is 454. The monoisotopic (exact) mass is 284 g/mol. The quantitative estimate of drug-likeness (QED) is 0.830. The van der Waals surface area contributed by atoms with Crippen LogP contribution in [0.15, 0.2) is 16.5 Å². The number of hydrogen-bond donors (Lipinski definition) is 2. The Balaban J connectivity index is 1.75. The third-order valence-corrected chi connectivity index (χ3v) is 3.80. The summed E-state index contributed by atoms with van der Waals surface area (Å²) in [5.41, 5.74) is 0. The molecule has 6 nitrogen and oxygen atoms in total. The van der Waals surface area contributed by atoms with E-state index in [0.717, 1.165) is 31.1 Å². The van der Waals surface area contributed by atoms with Gasteiger partial charge in [0.15, 0.2) is 5.76 Å². The predicted octanol–water partition coefficient (Wildman–Crippen LogP) is 0.756. The normalized spacial score (nSPS) is 16.2. The number of nitrogens with zero attached hydrogens (tertiary/aromatic N) is 1. The van der Waals surface area contributed by atoms with E-state index in [0.29, 0.717) is 6.54 Å². The molecule has 0 spiro atoms. The van der Waals surface area contributed by atoms with Gasteiger partial charge in [0.25, 0.3) is 5.91 Å². The minimum Gasteiger partial charge on any atom is -0.475 e. The molecular formula is C12H16N2O4S. The number of rotatable bonds is 5. The summed E-state index contributed by atoms with van der Waals surface area (Å²) in [6.07, 6.45) is 0. The van der Waals surface area contributed by atoms with Crippen molar-refractivity contribution in [3.63, 3.8) is 0 Å². The Kier molecular flexibility index (Phi) is 4.86. The van der Waals surface area contributed by atoms with Gasteiger partial charge in [0.1, 0.15) is 0 Å². The number of nitrogens with one attached hydrogen (secondary N) is 1. The molecule has 2 N–H and O–H groups in total. The molecular weight excluding hydrogens is 268 g/mol. The van der Waals surface area contributed by atoms with Crippen LogP contribution in [-0.4, -0.2) is 59.6 Å². The van der Waals surface area contributed by atoms with Crippen LogP contribution in [0.1, 0.15) is 21.1 Å². The Morgan fingerprint density at radius 3 is 2.63 bits per heavy atom. The summed E-state index contributed by atoms with van der Waals surface area (Å²) in [5, 5.41) is 11.4. The van der Waals surface area contributed by atoms with Gasteiger partial charge in [0, 0.05) is 37.7 Å². The summed E-state index contributed by atoms with van der Waals surface area (Å²) in [4.78, 5) is 24.6. The van der Waals surface area contributed by atoms with Crippen molar-refractivity contribution in [2.75, 3.05) is 37.7 Å². The van der Waals surface area contributed by atoms with E-state index in [9.17, 15) is 9.59 Å². The van der Waals surface area contributed by atoms with Gasteiger partial charge in [-0.3, -0.25) is 9.69 Å². The predicted molar refractivity (Wildman–Crippen MR) is 71.8 cm³/mol. The number of aromatic carboxylic acids is 1. The van der Waals surface area contributed by atoms with Crippen LogP contribution in [0, 0.1) is 0 Å². The average molecular weight is 284 g/mol. The van der Waals surface area contributed by atoms with Crippen molar-refractivity contribution in [1.29, 1.82) is 0 Å². The highest BCUT2D eigenvalue weighted by molar-refractivity contribution is 7.99. The van der Waals surface area contributed by atoms with Gasteiger partial charge in [0.05, 0.1) is 0 Å². The van der Waals surface area contributed by atoms with Crippen molar-refractivity contribution in [2.45, 2.75) is 0 Å². The Labute approximate surface area is 115 Å². The average Bonchev–Trinajstić information content (AvgIpc) is 2.89. The molecule has 1 saturated heterocycles. The highest BCUT2D eigenvalue weighted by Gasteiger charge is 2.15. The molecule has 7 heteroatoms. The van der Waals surface area contributed by atoms with Crippen LogP contribution >= 0.6 is 11.8 Å². The van der Waals surface area contributed by atoms with E-state index in [4.69, 9.17) is 9.52 Å². The lowest BCUT2D eigenvalue weighted by atomic mass is 10.4. The molecule has 2 rings (SSSR count). The third-order valence-electron chi connectivity index (χ3n) is 2.86. The fourth-order valence-corrected chi connectivity index (χ4v) is 2.79. The van der Waals surface area contributed by atoms with Gasteiger partial charge in [-0.05, 0) is 12.1 Å². The van der Waals surface area contributed by atoms with Crippen LogP contribution in [0.2, 0.25) is 0 Å². The molecule has 2 heterocycles. The molecule has 1 fully saturated rings. The first-order valence-electron chi connectivity index (χ1n) is 6.08. The van der Waals surface area contributed by atoms with Crippen molar-refractivity contribution in [1.82, 2.24) is 10.2 Å². The van der Waals surface area contributed by atoms with E-state index in [1.54, 1.807) is 0 Å². The molecule has 1 aromatic heterocycles. The van der Waals surface area contributed by atoms with Crippen molar-refractivity contribution >= 4 is 23.6 Å². The second-order valence-corrected chi connectivity index (χ2v) is 5.40. The van der Waals surface area contributed by atoms with Crippen LogP contribution in [0.5, 0.6) is 0 Å². The summed E-state index contributed by atoms with van der Waals surface area (Å²) in [6.45, 7) is 3.43. The maximum absolute atomic E-state index is 11.7. The summed E-state index contributed by atoms with van der Waals surface area (Å²) >= 11 is 1.94. The second-order valence-electron chi connectivity index (χ2n) is 4.18. The first kappa shape index (κ1) is 14.0. The lowest BCUT2D eigenvalue weighted by molar-refractivity contribution is 0.0659. The largest absolute Gasteiger partial charge is 0.475 e. The molecule has 0 aromatic carbocycles. The lowest BCUT2D eigenvalue weighted by Crippen LogP contribution is -2.39.